The van der Waals surface area contributed by atoms with E-state index in [4.69, 9.17) is 27.9 Å². The van der Waals surface area contributed by atoms with Gasteiger partial charge < -0.3 is 4.74 Å². The maximum atomic E-state index is 12.1. The van der Waals surface area contributed by atoms with Crippen molar-refractivity contribution in [1.82, 2.24) is 0 Å². The number of hydrogen-bond acceptors (Lipinski definition) is 3. The normalized spacial score (nSPS) is 10.3. The van der Waals surface area contributed by atoms with Crippen LogP contribution in [0, 0.1) is 6.92 Å². The second-order valence-corrected chi connectivity index (χ2v) is 5.42. The number of rotatable bonds is 3. The van der Waals surface area contributed by atoms with Crippen molar-refractivity contribution >= 4 is 35.0 Å². The molecule has 0 heterocycles. The average molecular weight is 323 g/mol. The number of aryl methyl sites for hydroxylation is 1. The minimum absolute atomic E-state index is 0.0270. The van der Waals surface area contributed by atoms with Crippen LogP contribution in [-0.2, 0) is 0 Å². The largest absolute Gasteiger partial charge is 0.421 e. The third-order valence-electron chi connectivity index (χ3n) is 2.87. The van der Waals surface area contributed by atoms with Crippen LogP contribution in [0.4, 0.5) is 0 Å². The highest BCUT2D eigenvalue weighted by Gasteiger charge is 2.18. The molecule has 0 aliphatic rings. The monoisotopic (exact) mass is 322 g/mol. The topological polar surface area (TPSA) is 43.4 Å². The van der Waals surface area contributed by atoms with E-state index in [1.54, 1.807) is 24.3 Å². The third kappa shape index (κ3) is 3.63. The van der Waals surface area contributed by atoms with E-state index in [1.807, 2.05) is 6.92 Å². The van der Waals surface area contributed by atoms with Crippen molar-refractivity contribution in [3.8, 4) is 5.75 Å². The van der Waals surface area contributed by atoms with Crippen molar-refractivity contribution < 1.29 is 14.3 Å². The highest BCUT2D eigenvalue weighted by molar-refractivity contribution is 6.36. The van der Waals surface area contributed by atoms with Gasteiger partial charge in [0.15, 0.2) is 11.5 Å². The number of ether oxygens (including phenoxy) is 1. The van der Waals surface area contributed by atoms with Gasteiger partial charge in [0.25, 0.3) is 0 Å². The molecule has 2 aromatic carbocycles. The molecule has 0 aromatic heterocycles. The van der Waals surface area contributed by atoms with Crippen LogP contribution < -0.4 is 4.74 Å². The number of esters is 1. The zero-order chi connectivity index (χ0) is 15.6. The van der Waals surface area contributed by atoms with Crippen molar-refractivity contribution in [2.24, 2.45) is 0 Å². The maximum absolute atomic E-state index is 12.1. The smallest absolute Gasteiger partial charge is 0.343 e. The van der Waals surface area contributed by atoms with Gasteiger partial charge in [-0.05, 0) is 38.1 Å². The van der Waals surface area contributed by atoms with Gasteiger partial charge in [-0.15, -0.1) is 0 Å². The molecule has 0 aliphatic carbocycles. The first-order chi connectivity index (χ1) is 9.88. The molecule has 0 saturated heterocycles. The Kier molecular flexibility index (Phi) is 4.66. The van der Waals surface area contributed by atoms with Gasteiger partial charge in [0.1, 0.15) is 0 Å². The summed E-state index contributed by atoms with van der Waals surface area (Å²) in [6.45, 7) is 3.27. The summed E-state index contributed by atoms with van der Waals surface area (Å²) in [6, 6.07) is 9.74. The molecule has 2 aromatic rings. The Labute approximate surface area is 132 Å². The summed E-state index contributed by atoms with van der Waals surface area (Å²) < 4.78 is 5.27. The van der Waals surface area contributed by atoms with Crippen molar-refractivity contribution in [2.75, 3.05) is 0 Å². The van der Waals surface area contributed by atoms with Gasteiger partial charge in [0.05, 0.1) is 16.1 Å². The van der Waals surface area contributed by atoms with Gasteiger partial charge >= 0.3 is 5.97 Å². The second kappa shape index (κ2) is 6.29. The number of halogens is 2. The van der Waals surface area contributed by atoms with Crippen molar-refractivity contribution in [3.05, 3.63) is 63.1 Å². The summed E-state index contributed by atoms with van der Waals surface area (Å²) in [4.78, 5) is 23.7. The Morgan fingerprint density at radius 1 is 1.05 bits per heavy atom. The Hall–Kier alpha value is -1.84. The van der Waals surface area contributed by atoms with Crippen LogP contribution >= 0.6 is 23.2 Å². The molecule has 0 radical (unpaired) electrons. The summed E-state index contributed by atoms with van der Waals surface area (Å²) >= 11 is 11.9. The molecule has 0 spiro atoms. The fourth-order valence-electron chi connectivity index (χ4n) is 1.77. The van der Waals surface area contributed by atoms with Crippen LogP contribution in [0.15, 0.2) is 36.4 Å². The molecule has 3 nitrogen and oxygen atoms in total. The van der Waals surface area contributed by atoms with Crippen LogP contribution in [0.3, 0.4) is 0 Å². The lowest BCUT2D eigenvalue weighted by molar-refractivity contribution is 0.0733. The van der Waals surface area contributed by atoms with Gasteiger partial charge in [0.2, 0.25) is 0 Å². The first-order valence-corrected chi connectivity index (χ1v) is 6.93. The van der Waals surface area contributed by atoms with E-state index in [-0.39, 0.29) is 22.1 Å². The van der Waals surface area contributed by atoms with Gasteiger partial charge in [0, 0.05) is 5.02 Å². The second-order valence-electron chi connectivity index (χ2n) is 4.58. The predicted molar refractivity (Wildman–Crippen MR) is 82.6 cm³/mol. The molecule has 0 unspecified atom stereocenters. The quantitative estimate of drug-likeness (QED) is 0.466. The summed E-state index contributed by atoms with van der Waals surface area (Å²) in [5, 5.41) is 0.425. The predicted octanol–water partition coefficient (Wildman–Crippen LogP) is 4.72. The van der Waals surface area contributed by atoms with E-state index < -0.39 is 5.97 Å². The van der Waals surface area contributed by atoms with Crippen LogP contribution in [0.2, 0.25) is 10.0 Å². The number of ketones is 1. The van der Waals surface area contributed by atoms with E-state index >= 15 is 0 Å². The minimum Gasteiger partial charge on any atom is -0.421 e. The molecule has 0 atom stereocenters. The van der Waals surface area contributed by atoms with E-state index in [0.29, 0.717) is 10.6 Å². The lowest BCUT2D eigenvalue weighted by Gasteiger charge is -2.11. The van der Waals surface area contributed by atoms with Gasteiger partial charge in [-0.3, -0.25) is 4.79 Å². The zero-order valence-corrected chi connectivity index (χ0v) is 13.0. The Bertz CT molecular complexity index is 706. The Morgan fingerprint density at radius 2 is 1.67 bits per heavy atom. The van der Waals surface area contributed by atoms with Crippen LogP contribution in [0.1, 0.15) is 33.2 Å². The number of carbonyl (C=O) groups is 2. The van der Waals surface area contributed by atoms with E-state index in [1.165, 1.54) is 19.1 Å². The maximum Gasteiger partial charge on any atom is 0.343 e. The van der Waals surface area contributed by atoms with Crippen molar-refractivity contribution in [2.45, 2.75) is 13.8 Å². The third-order valence-corrected chi connectivity index (χ3v) is 3.37. The first-order valence-electron chi connectivity index (χ1n) is 6.17. The Balaban J connectivity index is 2.37. The van der Waals surface area contributed by atoms with Gasteiger partial charge in [-0.25, -0.2) is 4.79 Å². The average Bonchev–Trinajstić information content (AvgIpc) is 2.41. The standard InChI is InChI=1S/C16H12Cl2O3/c1-9-3-5-11(6-4-9)16(20)21-15-13(10(2)19)7-12(17)8-14(15)18/h3-8H,1-2H3. The first kappa shape index (κ1) is 15.5. The molecule has 0 fully saturated rings. The van der Waals surface area contributed by atoms with Crippen molar-refractivity contribution in [3.63, 3.8) is 0 Å². The molecule has 2 rings (SSSR count). The highest BCUT2D eigenvalue weighted by Crippen LogP contribution is 2.33. The lowest BCUT2D eigenvalue weighted by Crippen LogP contribution is -2.11. The molecule has 0 N–H and O–H groups in total. The van der Waals surface area contributed by atoms with E-state index in [0.717, 1.165) is 5.56 Å². The van der Waals surface area contributed by atoms with E-state index in [2.05, 4.69) is 0 Å². The molecular weight excluding hydrogens is 311 g/mol. The van der Waals surface area contributed by atoms with Crippen LogP contribution in [0.25, 0.3) is 0 Å². The molecule has 0 saturated carbocycles. The van der Waals surface area contributed by atoms with Gasteiger partial charge in [-0.2, -0.15) is 0 Å². The van der Waals surface area contributed by atoms with Crippen molar-refractivity contribution in [1.29, 1.82) is 0 Å². The Morgan fingerprint density at radius 3 is 2.24 bits per heavy atom. The molecule has 0 bridgehead atoms. The summed E-state index contributed by atoms with van der Waals surface area (Å²) in [5.74, 6) is -0.841. The van der Waals surface area contributed by atoms with Gasteiger partial charge in [-0.1, -0.05) is 40.9 Å². The summed E-state index contributed by atoms with van der Waals surface area (Å²) in [6.07, 6.45) is 0. The highest BCUT2D eigenvalue weighted by atomic mass is 35.5. The van der Waals surface area contributed by atoms with Crippen LogP contribution in [0.5, 0.6) is 5.75 Å². The fraction of sp³-hybridized carbons (Fsp3) is 0.125. The number of carbonyl (C=O) groups excluding carboxylic acids is 2. The number of Topliss-reactive ketones (excluding diaryl/α,β-unsaturated/α-hetero) is 1. The summed E-state index contributed by atoms with van der Waals surface area (Å²) in [5.41, 5.74) is 1.58. The molecular formula is C16H12Cl2O3. The summed E-state index contributed by atoms with van der Waals surface area (Å²) in [7, 11) is 0. The minimum atomic E-state index is -0.582. The lowest BCUT2D eigenvalue weighted by atomic mass is 10.1. The number of hydrogen-bond donors (Lipinski definition) is 0. The molecule has 21 heavy (non-hydrogen) atoms. The fourth-order valence-corrected chi connectivity index (χ4v) is 2.30. The SMILES string of the molecule is CC(=O)c1cc(Cl)cc(Cl)c1OC(=O)c1ccc(C)cc1. The molecule has 0 aliphatic heterocycles. The zero-order valence-electron chi connectivity index (χ0n) is 11.4. The molecule has 0 amide bonds. The van der Waals surface area contributed by atoms with Crippen LogP contribution in [-0.4, -0.2) is 11.8 Å². The molecule has 5 heteroatoms. The molecule has 108 valence electrons. The number of benzene rings is 2. The van der Waals surface area contributed by atoms with E-state index in [9.17, 15) is 9.59 Å².